The van der Waals surface area contributed by atoms with Gasteiger partial charge in [-0.25, -0.2) is 13.8 Å². The molecule has 0 unspecified atom stereocenters. The number of aromatic nitrogens is 1. The van der Waals surface area contributed by atoms with Crippen LogP contribution in [0.15, 0.2) is 6.20 Å². The normalized spacial score (nSPS) is 10.5. The van der Waals surface area contributed by atoms with Gasteiger partial charge in [-0.3, -0.25) is 0 Å². The maximum Gasteiger partial charge on any atom is 0.282 e. The van der Waals surface area contributed by atoms with Gasteiger partial charge in [0.25, 0.3) is 6.43 Å². The summed E-state index contributed by atoms with van der Waals surface area (Å²) in [4.78, 5) is 3.43. The Kier molecular flexibility index (Phi) is 2.50. The van der Waals surface area contributed by atoms with E-state index in [1.807, 2.05) is 0 Å². The maximum atomic E-state index is 12.2. The molecular formula is C7H9F2N3O. The Morgan fingerprint density at radius 3 is 2.46 bits per heavy atom. The van der Waals surface area contributed by atoms with Crippen molar-refractivity contribution in [3.05, 3.63) is 11.9 Å². The number of ether oxygens (including phenoxy) is 1. The van der Waals surface area contributed by atoms with Crippen molar-refractivity contribution >= 4 is 11.4 Å². The highest BCUT2D eigenvalue weighted by molar-refractivity contribution is 5.72. The van der Waals surface area contributed by atoms with Gasteiger partial charge in [-0.15, -0.1) is 0 Å². The summed E-state index contributed by atoms with van der Waals surface area (Å²) in [6.45, 7) is 0. The van der Waals surface area contributed by atoms with Crippen LogP contribution in [0.2, 0.25) is 0 Å². The zero-order chi connectivity index (χ0) is 10.0. The highest BCUT2D eigenvalue weighted by Gasteiger charge is 2.17. The van der Waals surface area contributed by atoms with Crippen molar-refractivity contribution in [2.24, 2.45) is 0 Å². The van der Waals surface area contributed by atoms with Crippen LogP contribution in [-0.4, -0.2) is 12.1 Å². The molecule has 0 aliphatic heterocycles. The number of nitrogens with two attached hydrogens (primary N) is 2. The molecule has 0 saturated carbocycles. The predicted octanol–water partition coefficient (Wildman–Crippen LogP) is 1.19. The number of nitrogens with zero attached hydrogens (tertiary/aromatic N) is 1. The van der Waals surface area contributed by atoms with Crippen LogP contribution in [0.25, 0.3) is 0 Å². The first-order chi connectivity index (χ1) is 6.07. The van der Waals surface area contributed by atoms with E-state index in [1.54, 1.807) is 0 Å². The van der Waals surface area contributed by atoms with Gasteiger partial charge < -0.3 is 16.2 Å². The van der Waals surface area contributed by atoms with Crippen LogP contribution in [0.4, 0.5) is 20.2 Å². The standard InChI is InChI=1S/C7H9F2N3O/c1-13-3-2-12-6(7(8)9)5(11)4(3)10/h2,7H,11H2,1H3,(H2,10,12). The predicted molar refractivity (Wildman–Crippen MR) is 44.6 cm³/mol. The number of pyridine rings is 1. The average molecular weight is 189 g/mol. The zero-order valence-electron chi connectivity index (χ0n) is 6.92. The lowest BCUT2D eigenvalue weighted by Crippen LogP contribution is -2.05. The first kappa shape index (κ1) is 9.50. The molecule has 0 aliphatic rings. The molecule has 0 amide bonds. The minimum absolute atomic E-state index is 0.00667. The second-order valence-electron chi connectivity index (χ2n) is 2.34. The number of nitrogen functional groups attached to an aromatic ring is 2. The van der Waals surface area contributed by atoms with Crippen molar-refractivity contribution < 1.29 is 13.5 Å². The molecule has 0 aromatic carbocycles. The third-order valence-electron chi connectivity index (χ3n) is 1.58. The molecule has 0 radical (unpaired) electrons. The molecule has 0 fully saturated rings. The van der Waals surface area contributed by atoms with Crippen LogP contribution in [-0.2, 0) is 0 Å². The third-order valence-corrected chi connectivity index (χ3v) is 1.58. The van der Waals surface area contributed by atoms with Crippen molar-refractivity contribution in [3.8, 4) is 5.75 Å². The van der Waals surface area contributed by atoms with Crippen LogP contribution in [0.5, 0.6) is 5.75 Å². The first-order valence-corrected chi connectivity index (χ1v) is 3.44. The van der Waals surface area contributed by atoms with E-state index in [4.69, 9.17) is 16.2 Å². The van der Waals surface area contributed by atoms with Gasteiger partial charge in [-0.1, -0.05) is 0 Å². The Morgan fingerprint density at radius 2 is 2.00 bits per heavy atom. The minimum atomic E-state index is -2.73. The lowest BCUT2D eigenvalue weighted by atomic mass is 10.2. The maximum absolute atomic E-state index is 12.2. The van der Waals surface area contributed by atoms with Crippen LogP contribution < -0.4 is 16.2 Å². The fourth-order valence-electron chi connectivity index (χ4n) is 0.875. The zero-order valence-corrected chi connectivity index (χ0v) is 6.92. The van der Waals surface area contributed by atoms with Crippen molar-refractivity contribution in [2.45, 2.75) is 6.43 Å². The Balaban J connectivity index is 3.23. The quantitative estimate of drug-likeness (QED) is 0.732. The second kappa shape index (κ2) is 3.42. The number of halogens is 2. The Hall–Kier alpha value is -1.59. The number of anilines is 2. The molecule has 4 N–H and O–H groups in total. The second-order valence-corrected chi connectivity index (χ2v) is 2.34. The molecule has 0 aliphatic carbocycles. The van der Waals surface area contributed by atoms with E-state index < -0.39 is 12.1 Å². The number of methoxy groups -OCH3 is 1. The summed E-state index contributed by atoms with van der Waals surface area (Å²) in [5.74, 6) is 0.196. The largest absolute Gasteiger partial charge is 0.493 e. The Morgan fingerprint density at radius 1 is 1.38 bits per heavy atom. The summed E-state index contributed by atoms with van der Waals surface area (Å²) in [5.41, 5.74) is 9.97. The number of hydrogen-bond acceptors (Lipinski definition) is 4. The fourth-order valence-corrected chi connectivity index (χ4v) is 0.875. The van der Waals surface area contributed by atoms with Crippen molar-refractivity contribution in [3.63, 3.8) is 0 Å². The summed E-state index contributed by atoms with van der Waals surface area (Å²) in [6.07, 6.45) is -1.61. The van der Waals surface area contributed by atoms with Crippen LogP contribution >= 0.6 is 0 Å². The fraction of sp³-hybridized carbons (Fsp3) is 0.286. The number of alkyl halides is 2. The molecule has 1 aromatic heterocycles. The third kappa shape index (κ3) is 1.61. The summed E-state index contributed by atoms with van der Waals surface area (Å²) in [7, 11) is 1.36. The molecule has 0 saturated heterocycles. The molecular weight excluding hydrogens is 180 g/mol. The Labute approximate surface area is 73.5 Å². The molecule has 6 heteroatoms. The van der Waals surface area contributed by atoms with Gasteiger partial charge in [-0.2, -0.15) is 0 Å². The van der Waals surface area contributed by atoms with Crippen LogP contribution in [0.3, 0.4) is 0 Å². The van der Waals surface area contributed by atoms with E-state index in [2.05, 4.69) is 4.98 Å². The molecule has 72 valence electrons. The van der Waals surface area contributed by atoms with Gasteiger partial charge in [0.15, 0.2) is 5.75 Å². The molecule has 0 spiro atoms. The van der Waals surface area contributed by atoms with Crippen LogP contribution in [0, 0.1) is 0 Å². The highest BCUT2D eigenvalue weighted by Crippen LogP contribution is 2.32. The van der Waals surface area contributed by atoms with Gasteiger partial charge in [0, 0.05) is 0 Å². The average Bonchev–Trinajstić information content (AvgIpc) is 2.09. The lowest BCUT2D eigenvalue weighted by molar-refractivity contribution is 0.147. The van der Waals surface area contributed by atoms with E-state index in [9.17, 15) is 8.78 Å². The summed E-state index contributed by atoms with van der Waals surface area (Å²) in [6, 6.07) is 0. The minimum Gasteiger partial charge on any atom is -0.493 e. The van der Waals surface area contributed by atoms with Gasteiger partial charge in [-0.05, 0) is 0 Å². The van der Waals surface area contributed by atoms with Gasteiger partial charge in [0.05, 0.1) is 19.0 Å². The molecule has 1 rings (SSSR count). The topological polar surface area (TPSA) is 74.2 Å². The van der Waals surface area contributed by atoms with Crippen molar-refractivity contribution in [1.82, 2.24) is 4.98 Å². The van der Waals surface area contributed by atoms with Crippen molar-refractivity contribution in [1.29, 1.82) is 0 Å². The first-order valence-electron chi connectivity index (χ1n) is 3.44. The van der Waals surface area contributed by atoms with Crippen LogP contribution in [0.1, 0.15) is 12.1 Å². The SMILES string of the molecule is COc1cnc(C(F)F)c(N)c1N. The molecule has 0 bridgehead atoms. The van der Waals surface area contributed by atoms with E-state index in [1.165, 1.54) is 7.11 Å². The summed E-state index contributed by atoms with van der Waals surface area (Å²) >= 11 is 0. The molecule has 4 nitrogen and oxygen atoms in total. The van der Waals surface area contributed by atoms with Crippen molar-refractivity contribution in [2.75, 3.05) is 18.6 Å². The van der Waals surface area contributed by atoms with Gasteiger partial charge in [0.1, 0.15) is 11.4 Å². The lowest BCUT2D eigenvalue weighted by Gasteiger charge is -2.09. The van der Waals surface area contributed by atoms with E-state index >= 15 is 0 Å². The van der Waals surface area contributed by atoms with Gasteiger partial charge >= 0.3 is 0 Å². The number of hydrogen-bond donors (Lipinski definition) is 2. The number of rotatable bonds is 2. The van der Waals surface area contributed by atoms with Gasteiger partial charge in [0.2, 0.25) is 0 Å². The monoisotopic (exact) mass is 189 g/mol. The summed E-state index contributed by atoms with van der Waals surface area (Å²) in [5, 5.41) is 0. The molecule has 0 atom stereocenters. The Bertz CT molecular complexity index is 317. The molecule has 1 heterocycles. The summed E-state index contributed by atoms with van der Waals surface area (Å²) < 4.78 is 29.2. The molecule has 1 aromatic rings. The van der Waals surface area contributed by atoms with E-state index in [-0.39, 0.29) is 17.1 Å². The van der Waals surface area contributed by atoms with E-state index in [0.717, 1.165) is 6.20 Å². The molecule has 13 heavy (non-hydrogen) atoms. The van der Waals surface area contributed by atoms with E-state index in [0.29, 0.717) is 0 Å². The smallest absolute Gasteiger partial charge is 0.282 e. The highest BCUT2D eigenvalue weighted by atomic mass is 19.3.